The number of amides is 1. The largest absolute Gasteiger partial charge is 0.465 e. The fraction of sp³-hybridized carbons (Fsp3) is 0.500. The number of piperidine rings is 1. The highest BCUT2D eigenvalue weighted by Crippen LogP contribution is 2.40. The van der Waals surface area contributed by atoms with Crippen LogP contribution in [-0.4, -0.2) is 37.5 Å². The van der Waals surface area contributed by atoms with Gasteiger partial charge >= 0.3 is 6.09 Å². The number of nitrogens with zero attached hydrogens (tertiary/aromatic N) is 1. The van der Waals surface area contributed by atoms with Gasteiger partial charge in [-0.05, 0) is 25.0 Å². The molecule has 5 nitrogen and oxygen atoms in total. The van der Waals surface area contributed by atoms with E-state index in [-0.39, 0.29) is 16.8 Å². The average molecular weight is 298 g/mol. The predicted molar refractivity (Wildman–Crippen MR) is 72.7 cm³/mol. The second-order valence-corrected chi connectivity index (χ2v) is 5.70. The van der Waals surface area contributed by atoms with Crippen LogP contribution in [0, 0.1) is 17.0 Å². The molecule has 2 N–H and O–H groups in total. The van der Waals surface area contributed by atoms with Gasteiger partial charge in [-0.3, -0.25) is 5.32 Å². The number of anilines is 2. The van der Waals surface area contributed by atoms with E-state index in [0.717, 1.165) is 38.2 Å². The summed E-state index contributed by atoms with van der Waals surface area (Å²) in [6.45, 7) is 2.60. The fourth-order valence-electron chi connectivity index (χ4n) is 2.95. The zero-order valence-corrected chi connectivity index (χ0v) is 11.4. The van der Waals surface area contributed by atoms with Gasteiger partial charge in [0.1, 0.15) is 5.69 Å². The zero-order valence-electron chi connectivity index (χ0n) is 11.4. The lowest BCUT2D eigenvalue weighted by atomic mass is 9.77. The smallest absolute Gasteiger partial charge is 0.409 e. The molecule has 1 aromatic carbocycles. The number of hydrogen-bond acceptors (Lipinski definition) is 3. The highest BCUT2D eigenvalue weighted by atomic mass is 19.1. The van der Waals surface area contributed by atoms with Gasteiger partial charge in [-0.1, -0.05) is 0 Å². The van der Waals surface area contributed by atoms with Crippen LogP contribution in [0.5, 0.6) is 0 Å². The van der Waals surface area contributed by atoms with Crippen molar-refractivity contribution in [2.45, 2.75) is 12.8 Å². The van der Waals surface area contributed by atoms with Gasteiger partial charge in [0.15, 0.2) is 11.6 Å². The summed E-state index contributed by atoms with van der Waals surface area (Å²) in [5.41, 5.74) is -0.00278. The van der Waals surface area contributed by atoms with Crippen molar-refractivity contribution in [2.24, 2.45) is 5.41 Å². The summed E-state index contributed by atoms with van der Waals surface area (Å²) < 4.78 is 33.4. The van der Waals surface area contributed by atoms with Crippen LogP contribution in [-0.2, 0) is 4.74 Å². The Labute approximate surface area is 120 Å². The Hall–Kier alpha value is -1.89. The Balaban J connectivity index is 1.77. The van der Waals surface area contributed by atoms with Gasteiger partial charge in [0.25, 0.3) is 0 Å². The number of hydrogen-bond donors (Lipinski definition) is 2. The van der Waals surface area contributed by atoms with Crippen LogP contribution in [0.25, 0.3) is 0 Å². The summed E-state index contributed by atoms with van der Waals surface area (Å²) in [7, 11) is 0. The van der Waals surface area contributed by atoms with Crippen molar-refractivity contribution < 1.29 is 23.4 Å². The second-order valence-electron chi connectivity index (χ2n) is 5.70. The van der Waals surface area contributed by atoms with E-state index in [1.165, 1.54) is 0 Å². The van der Waals surface area contributed by atoms with Crippen molar-refractivity contribution >= 4 is 17.5 Å². The Morgan fingerprint density at radius 2 is 1.81 bits per heavy atom. The van der Waals surface area contributed by atoms with Crippen LogP contribution in [0.1, 0.15) is 12.8 Å². The van der Waals surface area contributed by atoms with Gasteiger partial charge in [0, 0.05) is 24.2 Å². The Bertz CT molecular complexity index is 542. The maximum atomic E-state index is 14.1. The van der Waals surface area contributed by atoms with Gasteiger partial charge in [0.2, 0.25) is 0 Å². The second kappa shape index (κ2) is 5.14. The van der Waals surface area contributed by atoms with E-state index in [9.17, 15) is 13.6 Å². The van der Waals surface area contributed by atoms with Gasteiger partial charge in [-0.15, -0.1) is 0 Å². The molecule has 0 saturated carbocycles. The summed E-state index contributed by atoms with van der Waals surface area (Å²) in [5, 5.41) is 10.5. The maximum absolute atomic E-state index is 14.1. The molecule has 0 unspecified atom stereocenters. The number of ether oxygens (including phenoxy) is 1. The van der Waals surface area contributed by atoms with Gasteiger partial charge in [0.05, 0.1) is 13.2 Å². The molecule has 1 spiro atoms. The molecule has 2 fully saturated rings. The predicted octanol–water partition coefficient (Wildman–Crippen LogP) is 2.67. The fourth-order valence-corrected chi connectivity index (χ4v) is 2.95. The molecule has 0 aromatic heterocycles. The van der Waals surface area contributed by atoms with Crippen molar-refractivity contribution in [3.8, 4) is 0 Å². The van der Waals surface area contributed by atoms with Gasteiger partial charge in [-0.25, -0.2) is 13.6 Å². The lowest BCUT2D eigenvalue weighted by molar-refractivity contribution is -0.124. The molecule has 2 saturated heterocycles. The van der Waals surface area contributed by atoms with E-state index in [4.69, 9.17) is 9.84 Å². The van der Waals surface area contributed by atoms with Gasteiger partial charge < -0.3 is 14.7 Å². The summed E-state index contributed by atoms with van der Waals surface area (Å²) in [5.74, 6) is -1.50. The first-order valence-electron chi connectivity index (χ1n) is 6.81. The van der Waals surface area contributed by atoms with E-state index in [2.05, 4.69) is 0 Å². The van der Waals surface area contributed by atoms with Crippen LogP contribution in [0.2, 0.25) is 0 Å². The maximum Gasteiger partial charge on any atom is 0.409 e. The molecule has 0 aliphatic carbocycles. The molecule has 0 atom stereocenters. The summed E-state index contributed by atoms with van der Waals surface area (Å²) >= 11 is 0. The van der Waals surface area contributed by atoms with Crippen LogP contribution in [0.4, 0.5) is 25.0 Å². The normalized spacial score (nSPS) is 20.2. The quantitative estimate of drug-likeness (QED) is 0.881. The summed E-state index contributed by atoms with van der Waals surface area (Å²) in [6.07, 6.45) is 0.341. The first kappa shape index (κ1) is 14.1. The molecule has 114 valence electrons. The van der Waals surface area contributed by atoms with Crippen LogP contribution >= 0.6 is 0 Å². The van der Waals surface area contributed by atoms with E-state index in [1.54, 1.807) is 4.90 Å². The third kappa shape index (κ3) is 2.65. The molecule has 2 aliphatic rings. The molecule has 1 aromatic rings. The third-order valence-corrected chi connectivity index (χ3v) is 4.22. The molecule has 0 bridgehead atoms. The van der Waals surface area contributed by atoms with Crippen molar-refractivity contribution in [1.82, 2.24) is 0 Å². The van der Waals surface area contributed by atoms with Crippen LogP contribution in [0.3, 0.4) is 0 Å². The molecular formula is C14H16F2N2O3. The summed E-state index contributed by atoms with van der Waals surface area (Å²) in [6, 6.07) is 2.01. The topological polar surface area (TPSA) is 61.8 Å². The zero-order chi connectivity index (χ0) is 15.0. The molecule has 21 heavy (non-hydrogen) atoms. The lowest BCUT2D eigenvalue weighted by Gasteiger charge is -2.47. The average Bonchev–Trinajstić information content (AvgIpc) is 2.36. The van der Waals surface area contributed by atoms with Crippen molar-refractivity contribution in [3.05, 3.63) is 23.8 Å². The number of carboxylic acid groups (broad SMARTS) is 1. The molecular weight excluding hydrogens is 282 g/mol. The van der Waals surface area contributed by atoms with E-state index in [0.29, 0.717) is 13.1 Å². The van der Waals surface area contributed by atoms with Crippen molar-refractivity contribution in [2.75, 3.05) is 36.5 Å². The minimum absolute atomic E-state index is 0.0824. The Morgan fingerprint density at radius 1 is 1.24 bits per heavy atom. The first-order chi connectivity index (χ1) is 9.99. The van der Waals surface area contributed by atoms with Crippen LogP contribution in [0.15, 0.2) is 12.1 Å². The highest BCUT2D eigenvalue weighted by Gasteiger charge is 2.41. The Kier molecular flexibility index (Phi) is 3.44. The standard InChI is InChI=1S/C14H16F2N2O3/c15-10-5-9(17-13(19)20)6-11(16)12(10)18-3-1-14(2-4-18)7-21-8-14/h5-6,17H,1-4,7-8H2,(H,19,20). The number of halogens is 2. The molecule has 0 radical (unpaired) electrons. The monoisotopic (exact) mass is 298 g/mol. The van der Waals surface area contributed by atoms with Crippen molar-refractivity contribution in [3.63, 3.8) is 0 Å². The highest BCUT2D eigenvalue weighted by molar-refractivity contribution is 5.83. The number of benzene rings is 1. The van der Waals surface area contributed by atoms with E-state index < -0.39 is 17.7 Å². The van der Waals surface area contributed by atoms with E-state index >= 15 is 0 Å². The number of rotatable bonds is 2. The van der Waals surface area contributed by atoms with Gasteiger partial charge in [-0.2, -0.15) is 0 Å². The van der Waals surface area contributed by atoms with E-state index in [1.807, 2.05) is 5.32 Å². The first-order valence-corrected chi connectivity index (χ1v) is 6.81. The SMILES string of the molecule is O=C(O)Nc1cc(F)c(N2CCC3(CC2)COC3)c(F)c1. The minimum Gasteiger partial charge on any atom is -0.465 e. The molecule has 1 amide bonds. The Morgan fingerprint density at radius 3 is 2.24 bits per heavy atom. The summed E-state index contributed by atoms with van der Waals surface area (Å²) in [4.78, 5) is 12.2. The molecule has 3 rings (SSSR count). The van der Waals surface area contributed by atoms with Crippen molar-refractivity contribution in [1.29, 1.82) is 0 Å². The molecule has 2 aliphatic heterocycles. The number of carbonyl (C=O) groups is 1. The minimum atomic E-state index is -1.36. The lowest BCUT2D eigenvalue weighted by Crippen LogP contribution is -2.51. The molecule has 2 heterocycles. The van der Waals surface area contributed by atoms with Crippen LogP contribution < -0.4 is 10.2 Å². The number of nitrogens with one attached hydrogen (secondary N) is 1. The molecule has 7 heteroatoms. The third-order valence-electron chi connectivity index (χ3n) is 4.22.